The van der Waals surface area contributed by atoms with Crippen LogP contribution in [0.2, 0.25) is 0 Å². The Morgan fingerprint density at radius 1 is 1.25 bits per heavy atom. The van der Waals surface area contributed by atoms with Gasteiger partial charge >= 0.3 is 5.69 Å². The molecular weight excluding hydrogens is 258 g/mol. The Labute approximate surface area is 116 Å². The van der Waals surface area contributed by atoms with Crippen molar-refractivity contribution < 1.29 is 4.92 Å². The summed E-state index contributed by atoms with van der Waals surface area (Å²) in [6, 6.07) is 9.18. The lowest BCUT2D eigenvalue weighted by Crippen LogP contribution is -2.09. The minimum absolute atomic E-state index is 0.115. The summed E-state index contributed by atoms with van der Waals surface area (Å²) in [5.41, 5.74) is 0.936. The Balaban J connectivity index is 2.45. The molecule has 0 fully saturated rings. The third-order valence-electron chi connectivity index (χ3n) is 2.61. The number of anilines is 3. The normalized spacial score (nSPS) is 10.1. The van der Waals surface area contributed by atoms with E-state index in [1.807, 2.05) is 37.3 Å². The fourth-order valence-corrected chi connectivity index (χ4v) is 1.77. The molecule has 1 heterocycles. The van der Waals surface area contributed by atoms with Gasteiger partial charge < -0.3 is 10.6 Å². The van der Waals surface area contributed by atoms with Gasteiger partial charge in [0.05, 0.1) is 4.92 Å². The Morgan fingerprint density at radius 3 is 2.55 bits per heavy atom. The quantitative estimate of drug-likeness (QED) is 0.642. The van der Waals surface area contributed by atoms with E-state index in [1.165, 1.54) is 0 Å². The van der Waals surface area contributed by atoms with Crippen LogP contribution in [-0.2, 0) is 0 Å². The van der Waals surface area contributed by atoms with E-state index in [0.717, 1.165) is 5.69 Å². The van der Waals surface area contributed by atoms with Crippen molar-refractivity contribution in [3.05, 3.63) is 46.1 Å². The summed E-state index contributed by atoms with van der Waals surface area (Å²) in [4.78, 5) is 18.9. The van der Waals surface area contributed by atoms with Crippen molar-refractivity contribution in [2.24, 2.45) is 0 Å². The van der Waals surface area contributed by atoms with Gasteiger partial charge in [-0.3, -0.25) is 10.1 Å². The second-order valence-electron chi connectivity index (χ2n) is 4.11. The summed E-state index contributed by atoms with van der Waals surface area (Å²) >= 11 is 0. The molecule has 0 saturated heterocycles. The van der Waals surface area contributed by atoms with Gasteiger partial charge in [0.15, 0.2) is 0 Å². The Hall–Kier alpha value is -2.70. The molecule has 0 spiro atoms. The first-order chi connectivity index (χ1) is 9.61. The highest BCUT2D eigenvalue weighted by molar-refractivity contribution is 5.68. The van der Waals surface area contributed by atoms with Crippen LogP contribution in [0.3, 0.4) is 0 Å². The summed E-state index contributed by atoms with van der Waals surface area (Å²) in [7, 11) is 0. The second kappa shape index (κ2) is 5.96. The number of nitrogens with zero attached hydrogens (tertiary/aromatic N) is 3. The minimum Gasteiger partial charge on any atom is -0.354 e. The van der Waals surface area contributed by atoms with E-state index in [2.05, 4.69) is 20.6 Å². The average Bonchev–Trinajstić information content (AvgIpc) is 2.39. The van der Waals surface area contributed by atoms with Crippen LogP contribution in [0.4, 0.5) is 23.1 Å². The molecule has 1 aromatic heterocycles. The number of benzene rings is 1. The number of para-hydroxylation sites is 1. The fourth-order valence-electron chi connectivity index (χ4n) is 1.77. The molecule has 0 unspecified atom stereocenters. The van der Waals surface area contributed by atoms with E-state index in [4.69, 9.17) is 0 Å². The van der Waals surface area contributed by atoms with E-state index in [1.54, 1.807) is 6.92 Å². The van der Waals surface area contributed by atoms with E-state index in [0.29, 0.717) is 18.2 Å². The number of nitrogens with one attached hydrogen (secondary N) is 2. The first-order valence-electron chi connectivity index (χ1n) is 6.20. The monoisotopic (exact) mass is 273 g/mol. The summed E-state index contributed by atoms with van der Waals surface area (Å²) in [5, 5.41) is 17.1. The van der Waals surface area contributed by atoms with Crippen molar-refractivity contribution in [2.45, 2.75) is 13.8 Å². The largest absolute Gasteiger partial charge is 0.354 e. The smallest absolute Gasteiger partial charge is 0.332 e. The van der Waals surface area contributed by atoms with E-state index in [-0.39, 0.29) is 11.5 Å². The molecule has 20 heavy (non-hydrogen) atoms. The number of aryl methyl sites for hydroxylation is 1. The van der Waals surface area contributed by atoms with Crippen LogP contribution in [0.5, 0.6) is 0 Å². The van der Waals surface area contributed by atoms with Crippen molar-refractivity contribution in [1.82, 2.24) is 9.97 Å². The van der Waals surface area contributed by atoms with Crippen LogP contribution in [0.15, 0.2) is 30.3 Å². The van der Waals surface area contributed by atoms with Crippen LogP contribution >= 0.6 is 0 Å². The highest BCUT2D eigenvalue weighted by Gasteiger charge is 2.22. The van der Waals surface area contributed by atoms with Gasteiger partial charge in [-0.1, -0.05) is 18.2 Å². The molecule has 2 aromatic rings. The van der Waals surface area contributed by atoms with Crippen molar-refractivity contribution in [3.8, 4) is 0 Å². The maximum atomic E-state index is 11.2. The van der Waals surface area contributed by atoms with Crippen molar-refractivity contribution in [2.75, 3.05) is 17.2 Å². The predicted molar refractivity (Wildman–Crippen MR) is 77.3 cm³/mol. The molecule has 2 rings (SSSR count). The Bertz CT molecular complexity index is 616. The van der Waals surface area contributed by atoms with Crippen molar-refractivity contribution in [3.63, 3.8) is 0 Å². The highest BCUT2D eigenvalue weighted by Crippen LogP contribution is 2.29. The highest BCUT2D eigenvalue weighted by atomic mass is 16.6. The van der Waals surface area contributed by atoms with Gasteiger partial charge in [-0.15, -0.1) is 0 Å². The van der Waals surface area contributed by atoms with Gasteiger partial charge in [0.1, 0.15) is 5.69 Å². The standard InChI is InChI=1S/C13H15N5O2/c1-3-14-13-15-9(2)11(18(19)20)12(17-13)16-10-7-5-4-6-8-10/h4-8H,3H2,1-2H3,(H2,14,15,16,17). The number of nitro groups is 1. The summed E-state index contributed by atoms with van der Waals surface area (Å²) < 4.78 is 0. The van der Waals surface area contributed by atoms with Gasteiger partial charge in [-0.2, -0.15) is 4.98 Å². The zero-order valence-corrected chi connectivity index (χ0v) is 11.3. The summed E-state index contributed by atoms with van der Waals surface area (Å²) in [6.45, 7) is 4.14. The number of rotatable bonds is 5. The zero-order chi connectivity index (χ0) is 14.5. The molecule has 0 aliphatic heterocycles. The molecule has 0 radical (unpaired) electrons. The molecule has 0 bridgehead atoms. The molecule has 0 saturated carbocycles. The van der Waals surface area contributed by atoms with E-state index < -0.39 is 4.92 Å². The van der Waals surface area contributed by atoms with Gasteiger partial charge in [-0.25, -0.2) is 4.98 Å². The van der Waals surface area contributed by atoms with Crippen LogP contribution < -0.4 is 10.6 Å². The minimum atomic E-state index is -0.476. The van der Waals surface area contributed by atoms with Crippen molar-refractivity contribution in [1.29, 1.82) is 0 Å². The van der Waals surface area contributed by atoms with Crippen LogP contribution in [0.1, 0.15) is 12.6 Å². The Kier molecular flexibility index (Phi) is 4.09. The molecule has 7 heteroatoms. The lowest BCUT2D eigenvalue weighted by atomic mass is 10.3. The van der Waals surface area contributed by atoms with Gasteiger partial charge in [-0.05, 0) is 26.0 Å². The second-order valence-corrected chi connectivity index (χ2v) is 4.11. The molecule has 0 aliphatic carbocycles. The first-order valence-corrected chi connectivity index (χ1v) is 6.20. The summed E-state index contributed by atoms with van der Waals surface area (Å²) in [6.07, 6.45) is 0. The maximum absolute atomic E-state index is 11.2. The first kappa shape index (κ1) is 13.7. The molecule has 104 valence electrons. The summed E-state index contributed by atoms with van der Waals surface area (Å²) in [5.74, 6) is 0.554. The van der Waals surface area contributed by atoms with Gasteiger partial charge in [0.2, 0.25) is 11.8 Å². The molecule has 1 aromatic carbocycles. The fraction of sp³-hybridized carbons (Fsp3) is 0.231. The number of hydrogen-bond donors (Lipinski definition) is 2. The lowest BCUT2D eigenvalue weighted by molar-refractivity contribution is -0.385. The van der Waals surface area contributed by atoms with Crippen LogP contribution in [-0.4, -0.2) is 21.4 Å². The van der Waals surface area contributed by atoms with Crippen LogP contribution in [0, 0.1) is 17.0 Å². The molecule has 2 N–H and O–H groups in total. The third kappa shape index (κ3) is 3.00. The van der Waals surface area contributed by atoms with Crippen molar-refractivity contribution >= 4 is 23.1 Å². The van der Waals surface area contributed by atoms with Gasteiger partial charge in [0.25, 0.3) is 0 Å². The van der Waals surface area contributed by atoms with Gasteiger partial charge in [0, 0.05) is 12.2 Å². The number of aromatic nitrogens is 2. The molecule has 0 atom stereocenters. The van der Waals surface area contributed by atoms with E-state index >= 15 is 0 Å². The number of hydrogen-bond acceptors (Lipinski definition) is 6. The maximum Gasteiger partial charge on any atom is 0.332 e. The average molecular weight is 273 g/mol. The molecule has 0 amide bonds. The molecule has 7 nitrogen and oxygen atoms in total. The third-order valence-corrected chi connectivity index (χ3v) is 2.61. The lowest BCUT2D eigenvalue weighted by Gasteiger charge is -2.10. The molecular formula is C13H15N5O2. The van der Waals surface area contributed by atoms with Crippen LogP contribution in [0.25, 0.3) is 0 Å². The molecule has 0 aliphatic rings. The zero-order valence-electron chi connectivity index (χ0n) is 11.3. The topological polar surface area (TPSA) is 93.0 Å². The van der Waals surface area contributed by atoms with E-state index in [9.17, 15) is 10.1 Å². The predicted octanol–water partition coefficient (Wildman–Crippen LogP) is 2.87. The Morgan fingerprint density at radius 2 is 1.95 bits per heavy atom. The SMILES string of the molecule is CCNc1nc(C)c([N+](=O)[O-])c(Nc2ccccc2)n1.